The van der Waals surface area contributed by atoms with Gasteiger partial charge in [0.2, 0.25) is 0 Å². The number of rotatable bonds is 26. The third-order valence-electron chi connectivity index (χ3n) is 6.47. The van der Waals surface area contributed by atoms with E-state index in [2.05, 4.69) is 36.7 Å². The molecule has 3 N–H and O–H groups in total. The summed E-state index contributed by atoms with van der Waals surface area (Å²) < 4.78 is 15.9. The first-order chi connectivity index (χ1) is 19.0. The van der Waals surface area contributed by atoms with Crippen molar-refractivity contribution in [1.29, 1.82) is 0 Å². The molecule has 9 nitrogen and oxygen atoms in total. The van der Waals surface area contributed by atoms with E-state index in [4.69, 9.17) is 14.2 Å². The number of unbranched alkanes of at least 4 members (excludes halogenated alkanes) is 15. The normalized spacial score (nSPS) is 10.8. The Kier molecular flexibility index (Phi) is 27.2. The van der Waals surface area contributed by atoms with Gasteiger partial charge >= 0.3 is 18.3 Å². The SMILES string of the molecule is CCCCCCCCNC(=O)OCC(COC(=O)NCCCCCCCC)OC(=O)NCCCCCCCC. The summed E-state index contributed by atoms with van der Waals surface area (Å²) in [5.74, 6) is 0. The number of hydrogen-bond donors (Lipinski definition) is 3. The summed E-state index contributed by atoms with van der Waals surface area (Å²) in [6, 6.07) is 0. The molecule has 0 atom stereocenters. The van der Waals surface area contributed by atoms with Crippen LogP contribution in [-0.4, -0.2) is 57.2 Å². The zero-order valence-corrected chi connectivity index (χ0v) is 25.3. The highest BCUT2D eigenvalue weighted by atomic mass is 16.6. The smallest absolute Gasteiger partial charge is 0.407 e. The van der Waals surface area contributed by atoms with Crippen LogP contribution >= 0.6 is 0 Å². The van der Waals surface area contributed by atoms with Crippen molar-refractivity contribution in [3.8, 4) is 0 Å². The first kappa shape index (κ1) is 36.8. The van der Waals surface area contributed by atoms with Crippen LogP contribution in [0, 0.1) is 0 Å². The lowest BCUT2D eigenvalue weighted by Gasteiger charge is -2.19. The molecule has 0 saturated carbocycles. The maximum Gasteiger partial charge on any atom is 0.407 e. The second-order valence-corrected chi connectivity index (χ2v) is 10.3. The Labute approximate surface area is 238 Å². The summed E-state index contributed by atoms with van der Waals surface area (Å²) in [6.07, 6.45) is 17.6. The number of alkyl carbamates (subject to hydrolysis) is 3. The number of nitrogens with one attached hydrogen (secondary N) is 3. The summed E-state index contributed by atoms with van der Waals surface area (Å²) in [6.45, 7) is 7.73. The minimum atomic E-state index is -0.894. The molecule has 0 saturated heterocycles. The number of ether oxygens (including phenoxy) is 3. The van der Waals surface area contributed by atoms with Gasteiger partial charge in [-0.15, -0.1) is 0 Å². The Morgan fingerprint density at radius 2 is 0.769 bits per heavy atom. The molecule has 0 bridgehead atoms. The van der Waals surface area contributed by atoms with Crippen molar-refractivity contribution in [2.45, 2.75) is 142 Å². The quantitative estimate of drug-likeness (QED) is 0.0744. The van der Waals surface area contributed by atoms with Gasteiger partial charge in [0.25, 0.3) is 0 Å². The van der Waals surface area contributed by atoms with E-state index in [1.54, 1.807) is 0 Å². The molecule has 9 heteroatoms. The summed E-state index contributed by atoms with van der Waals surface area (Å²) in [4.78, 5) is 36.4. The molecule has 39 heavy (non-hydrogen) atoms. The van der Waals surface area contributed by atoms with Crippen LogP contribution < -0.4 is 16.0 Å². The molecule has 0 rings (SSSR count). The van der Waals surface area contributed by atoms with E-state index >= 15 is 0 Å². The van der Waals surface area contributed by atoms with Crippen molar-refractivity contribution in [3.63, 3.8) is 0 Å². The molecule has 0 spiro atoms. The fourth-order valence-electron chi connectivity index (χ4n) is 4.04. The average Bonchev–Trinajstić information content (AvgIpc) is 2.93. The Balaban J connectivity index is 4.36. The zero-order valence-electron chi connectivity index (χ0n) is 25.3. The van der Waals surface area contributed by atoms with E-state index in [0.29, 0.717) is 19.6 Å². The van der Waals surface area contributed by atoms with E-state index in [0.717, 1.165) is 57.8 Å². The minimum absolute atomic E-state index is 0.197. The summed E-state index contributed by atoms with van der Waals surface area (Å²) in [5, 5.41) is 8.18. The van der Waals surface area contributed by atoms with Gasteiger partial charge in [-0.1, -0.05) is 117 Å². The number of carbonyl (C=O) groups is 3. The lowest BCUT2D eigenvalue weighted by molar-refractivity contribution is 0.00737. The topological polar surface area (TPSA) is 115 Å². The van der Waals surface area contributed by atoms with Crippen LogP contribution in [0.5, 0.6) is 0 Å². The van der Waals surface area contributed by atoms with Crippen LogP contribution in [0.1, 0.15) is 136 Å². The highest BCUT2D eigenvalue weighted by Crippen LogP contribution is 2.06. The molecule has 230 valence electrons. The van der Waals surface area contributed by atoms with Gasteiger partial charge in [0.05, 0.1) is 0 Å². The van der Waals surface area contributed by atoms with Gasteiger partial charge in [-0.2, -0.15) is 0 Å². The van der Waals surface area contributed by atoms with Crippen molar-refractivity contribution in [3.05, 3.63) is 0 Å². The molecule has 0 aliphatic heterocycles. The predicted octanol–water partition coefficient (Wildman–Crippen LogP) is 7.62. The molecule has 0 aromatic heterocycles. The third-order valence-corrected chi connectivity index (χ3v) is 6.47. The van der Waals surface area contributed by atoms with Crippen molar-refractivity contribution < 1.29 is 28.6 Å². The average molecular weight is 558 g/mol. The molecular weight excluding hydrogens is 498 g/mol. The molecule has 0 aromatic rings. The molecular formula is C30H59N3O6. The maximum atomic E-state index is 12.3. The monoisotopic (exact) mass is 557 g/mol. The first-order valence-corrected chi connectivity index (χ1v) is 15.8. The van der Waals surface area contributed by atoms with E-state index in [9.17, 15) is 14.4 Å². The fourth-order valence-corrected chi connectivity index (χ4v) is 4.04. The minimum Gasteiger partial charge on any atom is -0.445 e. The van der Waals surface area contributed by atoms with Crippen LogP contribution in [0.25, 0.3) is 0 Å². The lowest BCUT2D eigenvalue weighted by Crippen LogP contribution is -2.38. The van der Waals surface area contributed by atoms with Gasteiger partial charge < -0.3 is 30.2 Å². The van der Waals surface area contributed by atoms with Crippen molar-refractivity contribution in [2.24, 2.45) is 0 Å². The van der Waals surface area contributed by atoms with Crippen molar-refractivity contribution in [1.82, 2.24) is 16.0 Å². The van der Waals surface area contributed by atoms with Crippen LogP contribution in [-0.2, 0) is 14.2 Å². The van der Waals surface area contributed by atoms with E-state index in [-0.39, 0.29) is 13.2 Å². The molecule has 0 heterocycles. The molecule has 0 aliphatic rings. The number of carbonyl (C=O) groups excluding carboxylic acids is 3. The van der Waals surface area contributed by atoms with Crippen LogP contribution in [0.15, 0.2) is 0 Å². The fraction of sp³-hybridized carbons (Fsp3) is 0.900. The van der Waals surface area contributed by atoms with Gasteiger partial charge in [0.15, 0.2) is 6.10 Å². The molecule has 0 unspecified atom stereocenters. The largest absolute Gasteiger partial charge is 0.445 e. The Morgan fingerprint density at radius 1 is 0.462 bits per heavy atom. The Bertz CT molecular complexity index is 557. The summed E-state index contributed by atoms with van der Waals surface area (Å²) >= 11 is 0. The third kappa shape index (κ3) is 27.2. The number of amides is 3. The lowest BCUT2D eigenvalue weighted by atomic mass is 10.1. The van der Waals surface area contributed by atoms with E-state index in [1.165, 1.54) is 57.8 Å². The van der Waals surface area contributed by atoms with Gasteiger partial charge in [-0.3, -0.25) is 0 Å². The second-order valence-electron chi connectivity index (χ2n) is 10.3. The van der Waals surface area contributed by atoms with E-state index in [1.807, 2.05) is 0 Å². The predicted molar refractivity (Wildman–Crippen MR) is 157 cm³/mol. The molecule has 0 radical (unpaired) electrons. The van der Waals surface area contributed by atoms with Crippen molar-refractivity contribution >= 4 is 18.3 Å². The van der Waals surface area contributed by atoms with Crippen LogP contribution in [0.3, 0.4) is 0 Å². The van der Waals surface area contributed by atoms with E-state index < -0.39 is 24.4 Å². The van der Waals surface area contributed by atoms with Crippen LogP contribution in [0.4, 0.5) is 14.4 Å². The summed E-state index contributed by atoms with van der Waals surface area (Å²) in [5.41, 5.74) is 0. The highest BCUT2D eigenvalue weighted by Gasteiger charge is 2.19. The highest BCUT2D eigenvalue weighted by molar-refractivity contribution is 5.68. The molecule has 0 fully saturated rings. The van der Waals surface area contributed by atoms with Crippen LogP contribution in [0.2, 0.25) is 0 Å². The Hall–Kier alpha value is -2.19. The summed E-state index contributed by atoms with van der Waals surface area (Å²) in [7, 11) is 0. The number of hydrogen-bond acceptors (Lipinski definition) is 6. The zero-order chi connectivity index (χ0) is 28.8. The first-order valence-electron chi connectivity index (χ1n) is 15.8. The van der Waals surface area contributed by atoms with Gasteiger partial charge in [0.1, 0.15) is 13.2 Å². The second kappa shape index (κ2) is 28.8. The molecule has 0 aliphatic carbocycles. The standard InChI is InChI=1S/C30H59N3O6/c1-4-7-10-13-16-19-22-31-28(34)37-25-27(39-30(36)33-24-21-18-15-12-9-6-3)26-38-29(35)32-23-20-17-14-11-8-5-2/h27H,4-26H2,1-3H3,(H,31,34)(H,32,35)(H,33,36). The van der Waals surface area contributed by atoms with Gasteiger partial charge in [-0.25, -0.2) is 14.4 Å². The molecule has 0 aromatic carbocycles. The van der Waals surface area contributed by atoms with Gasteiger partial charge in [0, 0.05) is 19.6 Å². The molecule has 3 amide bonds. The Morgan fingerprint density at radius 3 is 1.13 bits per heavy atom. The maximum absolute atomic E-state index is 12.3. The van der Waals surface area contributed by atoms with Gasteiger partial charge in [-0.05, 0) is 19.3 Å². The van der Waals surface area contributed by atoms with Crippen molar-refractivity contribution in [2.75, 3.05) is 32.8 Å².